The summed E-state index contributed by atoms with van der Waals surface area (Å²) >= 11 is 0. The van der Waals surface area contributed by atoms with Crippen LogP contribution in [0.15, 0.2) is 54.6 Å². The predicted molar refractivity (Wildman–Crippen MR) is 99.7 cm³/mol. The number of carbonyl (C=O) groups excluding carboxylic acids is 2. The molecular formula is C20H23N3O2. The van der Waals surface area contributed by atoms with Crippen LogP contribution in [0, 0.1) is 0 Å². The fourth-order valence-electron chi connectivity index (χ4n) is 3.45. The standard InChI is InChI=1S/C20H23N3O2/c1-20(16-7-3-2-4-8-16)11-6-12-23(14-20)19(25)22-18-10-5-9-17(13-18)21-15-24/h2-5,7-10,13,15H,6,11-12,14H2,1H3,(H,21,24)(H,22,25). The Balaban J connectivity index is 1.70. The third-order valence-corrected chi connectivity index (χ3v) is 4.79. The molecule has 2 N–H and O–H groups in total. The first-order valence-electron chi connectivity index (χ1n) is 8.52. The fraction of sp³-hybridized carbons (Fsp3) is 0.300. The molecule has 0 saturated carbocycles. The lowest BCUT2D eigenvalue weighted by Crippen LogP contribution is -2.48. The summed E-state index contributed by atoms with van der Waals surface area (Å²) in [4.78, 5) is 25.1. The van der Waals surface area contributed by atoms with Crippen molar-refractivity contribution in [2.75, 3.05) is 23.7 Å². The Morgan fingerprint density at radius 3 is 2.64 bits per heavy atom. The monoisotopic (exact) mass is 337 g/mol. The molecule has 0 radical (unpaired) electrons. The largest absolute Gasteiger partial charge is 0.329 e. The number of anilines is 2. The Hall–Kier alpha value is -2.82. The van der Waals surface area contributed by atoms with E-state index in [2.05, 4.69) is 29.7 Å². The number of rotatable bonds is 4. The molecule has 5 heteroatoms. The summed E-state index contributed by atoms with van der Waals surface area (Å²) in [5, 5.41) is 5.52. The molecule has 0 spiro atoms. The number of hydrogen-bond acceptors (Lipinski definition) is 2. The number of nitrogens with zero attached hydrogens (tertiary/aromatic N) is 1. The van der Waals surface area contributed by atoms with Crippen LogP contribution >= 0.6 is 0 Å². The predicted octanol–water partition coefficient (Wildman–Crippen LogP) is 3.84. The highest BCUT2D eigenvalue weighted by Crippen LogP contribution is 2.33. The third-order valence-electron chi connectivity index (χ3n) is 4.79. The van der Waals surface area contributed by atoms with Crippen LogP contribution in [0.1, 0.15) is 25.3 Å². The van der Waals surface area contributed by atoms with Gasteiger partial charge in [0.25, 0.3) is 0 Å². The van der Waals surface area contributed by atoms with Crippen LogP contribution in [0.5, 0.6) is 0 Å². The fourth-order valence-corrected chi connectivity index (χ4v) is 3.45. The minimum Gasteiger partial charge on any atom is -0.329 e. The Morgan fingerprint density at radius 2 is 1.88 bits per heavy atom. The Kier molecular flexibility index (Phi) is 5.03. The van der Waals surface area contributed by atoms with Crippen molar-refractivity contribution >= 4 is 23.8 Å². The molecular weight excluding hydrogens is 314 g/mol. The van der Waals surface area contributed by atoms with Gasteiger partial charge >= 0.3 is 6.03 Å². The first-order valence-corrected chi connectivity index (χ1v) is 8.52. The van der Waals surface area contributed by atoms with Gasteiger partial charge in [-0.25, -0.2) is 4.79 Å². The van der Waals surface area contributed by atoms with E-state index in [-0.39, 0.29) is 11.4 Å². The summed E-state index contributed by atoms with van der Waals surface area (Å²) in [6.45, 7) is 3.66. The van der Waals surface area contributed by atoms with E-state index in [4.69, 9.17) is 0 Å². The zero-order chi connectivity index (χ0) is 17.7. The molecule has 3 rings (SSSR count). The molecule has 25 heavy (non-hydrogen) atoms. The van der Waals surface area contributed by atoms with E-state index < -0.39 is 0 Å². The van der Waals surface area contributed by atoms with E-state index in [0.29, 0.717) is 24.3 Å². The average molecular weight is 337 g/mol. The first-order chi connectivity index (χ1) is 12.1. The minimum absolute atomic E-state index is 0.0300. The van der Waals surface area contributed by atoms with Crippen LogP contribution in [0.25, 0.3) is 0 Å². The molecule has 1 atom stereocenters. The third kappa shape index (κ3) is 3.99. The van der Waals surface area contributed by atoms with Gasteiger partial charge in [-0.05, 0) is 36.6 Å². The Labute approximate surface area is 148 Å². The molecule has 2 aromatic carbocycles. The number of urea groups is 1. The van der Waals surface area contributed by atoms with E-state index in [1.54, 1.807) is 18.2 Å². The summed E-state index contributed by atoms with van der Waals surface area (Å²) in [6.07, 6.45) is 2.67. The molecule has 1 fully saturated rings. The van der Waals surface area contributed by atoms with E-state index in [1.165, 1.54) is 5.56 Å². The Bertz CT molecular complexity index is 748. The zero-order valence-electron chi connectivity index (χ0n) is 14.4. The SMILES string of the molecule is CC1(c2ccccc2)CCCN(C(=O)Nc2cccc(NC=O)c2)C1. The molecule has 3 amide bonds. The van der Waals surface area contributed by atoms with Crippen LogP contribution in [0.4, 0.5) is 16.2 Å². The van der Waals surface area contributed by atoms with Crippen molar-refractivity contribution in [3.8, 4) is 0 Å². The number of benzene rings is 2. The highest BCUT2D eigenvalue weighted by molar-refractivity contribution is 5.90. The van der Waals surface area contributed by atoms with Crippen molar-refractivity contribution < 1.29 is 9.59 Å². The quantitative estimate of drug-likeness (QED) is 0.833. The number of carbonyl (C=O) groups is 2. The van der Waals surface area contributed by atoms with Gasteiger partial charge in [0.2, 0.25) is 6.41 Å². The van der Waals surface area contributed by atoms with Gasteiger partial charge in [-0.3, -0.25) is 4.79 Å². The molecule has 1 unspecified atom stereocenters. The second-order valence-corrected chi connectivity index (χ2v) is 6.72. The minimum atomic E-state index is -0.106. The van der Waals surface area contributed by atoms with Crippen molar-refractivity contribution in [2.24, 2.45) is 0 Å². The van der Waals surface area contributed by atoms with Crippen LogP contribution in [-0.2, 0) is 10.2 Å². The average Bonchev–Trinajstić information content (AvgIpc) is 2.63. The molecule has 1 saturated heterocycles. The number of piperidine rings is 1. The molecule has 1 aliphatic rings. The molecule has 1 aliphatic heterocycles. The van der Waals surface area contributed by atoms with Crippen LogP contribution < -0.4 is 10.6 Å². The lowest BCUT2D eigenvalue weighted by atomic mass is 9.76. The number of hydrogen-bond donors (Lipinski definition) is 2. The number of likely N-dealkylation sites (tertiary alicyclic amines) is 1. The van der Waals surface area contributed by atoms with E-state index in [1.807, 2.05) is 29.2 Å². The highest BCUT2D eigenvalue weighted by Gasteiger charge is 2.34. The summed E-state index contributed by atoms with van der Waals surface area (Å²) in [6, 6.07) is 17.4. The molecule has 0 bridgehead atoms. The summed E-state index contributed by atoms with van der Waals surface area (Å²) < 4.78 is 0. The number of nitrogens with one attached hydrogen (secondary N) is 2. The molecule has 0 aliphatic carbocycles. The maximum Gasteiger partial charge on any atom is 0.321 e. The molecule has 130 valence electrons. The van der Waals surface area contributed by atoms with Gasteiger partial charge < -0.3 is 15.5 Å². The van der Waals surface area contributed by atoms with Crippen LogP contribution in [0.3, 0.4) is 0 Å². The second kappa shape index (κ2) is 7.38. The van der Waals surface area contributed by atoms with E-state index in [0.717, 1.165) is 19.4 Å². The highest BCUT2D eigenvalue weighted by atomic mass is 16.2. The summed E-state index contributed by atoms with van der Waals surface area (Å²) in [7, 11) is 0. The topological polar surface area (TPSA) is 61.4 Å². The van der Waals surface area contributed by atoms with Crippen molar-refractivity contribution in [2.45, 2.75) is 25.2 Å². The van der Waals surface area contributed by atoms with Gasteiger partial charge in [0.1, 0.15) is 0 Å². The molecule has 0 aromatic heterocycles. The van der Waals surface area contributed by atoms with Crippen molar-refractivity contribution in [3.63, 3.8) is 0 Å². The Morgan fingerprint density at radius 1 is 1.12 bits per heavy atom. The smallest absolute Gasteiger partial charge is 0.321 e. The second-order valence-electron chi connectivity index (χ2n) is 6.72. The van der Waals surface area contributed by atoms with Gasteiger partial charge in [0.15, 0.2) is 0 Å². The zero-order valence-corrected chi connectivity index (χ0v) is 14.4. The maximum absolute atomic E-state index is 12.7. The molecule has 5 nitrogen and oxygen atoms in total. The maximum atomic E-state index is 12.7. The normalized spacial score (nSPS) is 20.0. The van der Waals surface area contributed by atoms with E-state index in [9.17, 15) is 9.59 Å². The molecule has 2 aromatic rings. The van der Waals surface area contributed by atoms with Gasteiger partial charge in [0, 0.05) is 29.9 Å². The van der Waals surface area contributed by atoms with Crippen molar-refractivity contribution in [1.29, 1.82) is 0 Å². The van der Waals surface area contributed by atoms with Crippen LogP contribution in [0.2, 0.25) is 0 Å². The summed E-state index contributed by atoms with van der Waals surface area (Å²) in [5.74, 6) is 0. The van der Waals surface area contributed by atoms with Gasteiger partial charge in [-0.15, -0.1) is 0 Å². The van der Waals surface area contributed by atoms with Crippen LogP contribution in [-0.4, -0.2) is 30.4 Å². The van der Waals surface area contributed by atoms with Gasteiger partial charge in [-0.1, -0.05) is 43.3 Å². The lowest BCUT2D eigenvalue weighted by Gasteiger charge is -2.40. The van der Waals surface area contributed by atoms with Gasteiger partial charge in [0.05, 0.1) is 0 Å². The summed E-state index contributed by atoms with van der Waals surface area (Å²) in [5.41, 5.74) is 2.56. The lowest BCUT2D eigenvalue weighted by molar-refractivity contribution is -0.105. The van der Waals surface area contributed by atoms with Gasteiger partial charge in [-0.2, -0.15) is 0 Å². The van der Waals surface area contributed by atoms with E-state index >= 15 is 0 Å². The first kappa shape index (κ1) is 17.0. The number of amides is 3. The molecule has 1 heterocycles. The van der Waals surface area contributed by atoms with Crippen molar-refractivity contribution in [3.05, 3.63) is 60.2 Å². The van der Waals surface area contributed by atoms with Crippen molar-refractivity contribution in [1.82, 2.24) is 4.90 Å².